The zero-order chi connectivity index (χ0) is 29.5. The number of cyclic esters (lactones) is 1. The number of fused-ring (bicyclic) bond motifs is 2. The van der Waals surface area contributed by atoms with Crippen molar-refractivity contribution in [3.05, 3.63) is 35.3 Å². The predicted octanol–water partition coefficient (Wildman–Crippen LogP) is 1.71. The van der Waals surface area contributed by atoms with Crippen molar-refractivity contribution in [1.29, 1.82) is 0 Å². The molecule has 0 radical (unpaired) electrons. The van der Waals surface area contributed by atoms with E-state index in [4.69, 9.17) is 28.1 Å². The predicted molar refractivity (Wildman–Crippen MR) is 138 cm³/mol. The van der Waals surface area contributed by atoms with E-state index in [0.29, 0.717) is 25.7 Å². The van der Waals surface area contributed by atoms with E-state index in [2.05, 4.69) is 0 Å². The van der Waals surface area contributed by atoms with Crippen LogP contribution in [0.4, 0.5) is 0 Å². The van der Waals surface area contributed by atoms with Gasteiger partial charge in [-0.2, -0.15) is 0 Å². The molecule has 0 amide bonds. The summed E-state index contributed by atoms with van der Waals surface area (Å²) >= 11 is 0. The molecule has 1 aromatic rings. The molecule has 10 atom stereocenters. The number of carbonyl (C=O) groups is 3. The maximum Gasteiger partial charge on any atom is 0.313 e. The van der Waals surface area contributed by atoms with Gasteiger partial charge in [0.2, 0.25) is 0 Å². The maximum atomic E-state index is 13.8. The van der Waals surface area contributed by atoms with Crippen LogP contribution >= 0.6 is 0 Å². The van der Waals surface area contributed by atoms with Gasteiger partial charge in [-0.1, -0.05) is 6.92 Å². The summed E-state index contributed by atoms with van der Waals surface area (Å²) in [7, 11) is 0. The van der Waals surface area contributed by atoms with Crippen LogP contribution in [-0.2, 0) is 38.1 Å². The van der Waals surface area contributed by atoms with Crippen molar-refractivity contribution >= 4 is 17.9 Å². The number of furan rings is 1. The Kier molecular flexibility index (Phi) is 8.58. The molecule has 3 fully saturated rings. The molecule has 10 unspecified atom stereocenters. The second kappa shape index (κ2) is 11.8. The minimum absolute atomic E-state index is 0.0329. The first-order valence-corrected chi connectivity index (χ1v) is 14.1. The topological polar surface area (TPSA) is 171 Å². The van der Waals surface area contributed by atoms with E-state index in [1.807, 2.05) is 6.92 Å². The number of aliphatic hydroxyl groups is 3. The SMILES string of the molecule is CC(=O)OCC1=C2C(OC3OC(CO)C(O)C(O)C3OC(C)=O)CC(C)C3(CC(c4ccoc4)OC3=O)C2CCC1. The van der Waals surface area contributed by atoms with Crippen LogP contribution in [-0.4, -0.2) is 83.3 Å². The zero-order valence-corrected chi connectivity index (χ0v) is 23.4. The first-order chi connectivity index (χ1) is 19.6. The van der Waals surface area contributed by atoms with Crippen molar-refractivity contribution in [3.8, 4) is 0 Å². The van der Waals surface area contributed by atoms with Crippen LogP contribution in [0.2, 0.25) is 0 Å². The molecule has 12 nitrogen and oxygen atoms in total. The largest absolute Gasteiger partial charge is 0.472 e. The maximum absolute atomic E-state index is 13.8. The Bertz CT molecular complexity index is 1160. The van der Waals surface area contributed by atoms with Gasteiger partial charge in [0.15, 0.2) is 12.4 Å². The lowest BCUT2D eigenvalue weighted by molar-refractivity contribution is -0.314. The fourth-order valence-electron chi connectivity index (χ4n) is 7.17. The molecule has 1 saturated carbocycles. The van der Waals surface area contributed by atoms with E-state index in [1.54, 1.807) is 18.6 Å². The molecule has 0 bridgehead atoms. The molecule has 226 valence electrons. The number of esters is 3. The van der Waals surface area contributed by atoms with Gasteiger partial charge in [0.1, 0.15) is 31.0 Å². The summed E-state index contributed by atoms with van der Waals surface area (Å²) in [5.41, 5.74) is 1.58. The third-order valence-corrected chi connectivity index (χ3v) is 9.11. The van der Waals surface area contributed by atoms with E-state index in [-0.39, 0.29) is 24.4 Å². The normalized spacial score (nSPS) is 38.9. The number of ether oxygens (including phenoxy) is 5. The Hall–Kier alpha value is -2.77. The Balaban J connectivity index is 1.52. The summed E-state index contributed by atoms with van der Waals surface area (Å²) < 4.78 is 34.2. The van der Waals surface area contributed by atoms with Crippen LogP contribution in [0, 0.1) is 17.3 Å². The Morgan fingerprint density at radius 3 is 2.61 bits per heavy atom. The molecular weight excluding hydrogens is 540 g/mol. The first kappa shape index (κ1) is 29.7. The second-order valence-electron chi connectivity index (χ2n) is 11.5. The number of hydrogen-bond acceptors (Lipinski definition) is 12. The van der Waals surface area contributed by atoms with Gasteiger partial charge in [-0.15, -0.1) is 0 Å². The summed E-state index contributed by atoms with van der Waals surface area (Å²) in [6, 6.07) is 1.78. The standard InChI is InChI=1S/C29H38O12/c1-14-9-20(39-27-26(38-16(3)32)25(34)24(33)22(11-30)40-27)23-18(13-37-15(2)31)5-4-6-19(23)29(14)10-21(41-28(29)35)17-7-8-36-12-17/h7-8,12,14,19-22,24-27,30,33-34H,4-6,9-11,13H2,1-3H3. The summed E-state index contributed by atoms with van der Waals surface area (Å²) in [6.45, 7) is 3.91. The van der Waals surface area contributed by atoms with E-state index in [1.165, 1.54) is 13.8 Å². The van der Waals surface area contributed by atoms with Gasteiger partial charge in [-0.05, 0) is 54.7 Å². The fourth-order valence-corrected chi connectivity index (χ4v) is 7.17. The number of carbonyl (C=O) groups excluding carboxylic acids is 3. The molecule has 0 aromatic carbocycles. The van der Waals surface area contributed by atoms with Crippen molar-refractivity contribution in [1.82, 2.24) is 0 Å². The molecule has 4 aliphatic rings. The minimum atomic E-state index is -1.57. The summed E-state index contributed by atoms with van der Waals surface area (Å²) in [4.78, 5) is 37.4. The van der Waals surface area contributed by atoms with Crippen molar-refractivity contribution < 1.29 is 57.8 Å². The van der Waals surface area contributed by atoms with E-state index < -0.39 is 66.9 Å². The summed E-state index contributed by atoms with van der Waals surface area (Å²) in [5.74, 6) is -1.94. The smallest absolute Gasteiger partial charge is 0.313 e. The monoisotopic (exact) mass is 578 g/mol. The van der Waals surface area contributed by atoms with Crippen LogP contribution < -0.4 is 0 Å². The third kappa shape index (κ3) is 5.43. The molecule has 12 heteroatoms. The Morgan fingerprint density at radius 1 is 1.17 bits per heavy atom. The van der Waals surface area contributed by atoms with Gasteiger partial charge < -0.3 is 43.4 Å². The van der Waals surface area contributed by atoms with Crippen LogP contribution in [0.1, 0.15) is 64.5 Å². The molecule has 3 heterocycles. The minimum Gasteiger partial charge on any atom is -0.472 e. The summed E-state index contributed by atoms with van der Waals surface area (Å²) in [5, 5.41) is 30.9. The van der Waals surface area contributed by atoms with Gasteiger partial charge in [-0.3, -0.25) is 14.4 Å². The highest BCUT2D eigenvalue weighted by atomic mass is 16.7. The average Bonchev–Trinajstić information content (AvgIpc) is 3.58. The van der Waals surface area contributed by atoms with Gasteiger partial charge in [0.25, 0.3) is 0 Å². The Morgan fingerprint density at radius 2 is 1.95 bits per heavy atom. The Labute approximate surface area is 237 Å². The van der Waals surface area contributed by atoms with Crippen LogP contribution in [0.5, 0.6) is 0 Å². The number of rotatable bonds is 7. The third-order valence-electron chi connectivity index (χ3n) is 9.11. The molecule has 5 rings (SSSR count). The lowest BCUT2D eigenvalue weighted by Crippen LogP contribution is -2.61. The van der Waals surface area contributed by atoms with Crippen molar-refractivity contribution in [2.24, 2.45) is 17.3 Å². The van der Waals surface area contributed by atoms with Gasteiger partial charge in [0.05, 0.1) is 30.7 Å². The molecule has 3 N–H and O–H groups in total. The highest BCUT2D eigenvalue weighted by molar-refractivity contribution is 5.81. The zero-order valence-electron chi connectivity index (χ0n) is 23.4. The van der Waals surface area contributed by atoms with E-state index >= 15 is 0 Å². The van der Waals surface area contributed by atoms with E-state index in [9.17, 15) is 29.7 Å². The molecule has 2 aliphatic carbocycles. The highest BCUT2D eigenvalue weighted by Gasteiger charge is 2.63. The lowest BCUT2D eigenvalue weighted by atomic mass is 9.53. The van der Waals surface area contributed by atoms with Crippen molar-refractivity contribution in [3.63, 3.8) is 0 Å². The van der Waals surface area contributed by atoms with Gasteiger partial charge >= 0.3 is 17.9 Å². The van der Waals surface area contributed by atoms with Crippen LogP contribution in [0.15, 0.2) is 34.2 Å². The quantitative estimate of drug-likeness (QED) is 0.243. The van der Waals surface area contributed by atoms with Crippen molar-refractivity contribution in [2.45, 2.75) is 95.8 Å². The highest BCUT2D eigenvalue weighted by Crippen LogP contribution is 2.61. The number of aliphatic hydroxyl groups excluding tert-OH is 3. The molecular formula is C29H38O12. The van der Waals surface area contributed by atoms with E-state index in [0.717, 1.165) is 23.1 Å². The van der Waals surface area contributed by atoms with Gasteiger partial charge in [0, 0.05) is 25.8 Å². The molecule has 1 aromatic heterocycles. The molecule has 1 spiro atoms. The number of hydrogen-bond donors (Lipinski definition) is 3. The van der Waals surface area contributed by atoms with Crippen LogP contribution in [0.25, 0.3) is 0 Å². The average molecular weight is 579 g/mol. The van der Waals surface area contributed by atoms with Gasteiger partial charge in [-0.25, -0.2) is 0 Å². The lowest BCUT2D eigenvalue weighted by Gasteiger charge is -2.51. The first-order valence-electron chi connectivity index (χ1n) is 14.1. The van der Waals surface area contributed by atoms with Crippen molar-refractivity contribution in [2.75, 3.05) is 13.2 Å². The molecule has 41 heavy (non-hydrogen) atoms. The second-order valence-corrected chi connectivity index (χ2v) is 11.5. The fraction of sp³-hybridized carbons (Fsp3) is 0.690. The summed E-state index contributed by atoms with van der Waals surface area (Å²) in [6.07, 6.45) is -2.06. The van der Waals surface area contributed by atoms with Crippen LogP contribution in [0.3, 0.4) is 0 Å². The molecule has 2 saturated heterocycles. The molecule has 2 aliphatic heterocycles.